The highest BCUT2D eigenvalue weighted by molar-refractivity contribution is 8.00. The Kier molecular flexibility index (Phi) is 8.90. The number of benzene rings is 4. The summed E-state index contributed by atoms with van der Waals surface area (Å²) in [6.45, 7) is 0.306. The van der Waals surface area contributed by atoms with Gasteiger partial charge in [-0.05, 0) is 47.0 Å². The van der Waals surface area contributed by atoms with Gasteiger partial charge in [0.2, 0.25) is 10.9 Å². The van der Waals surface area contributed by atoms with Gasteiger partial charge in [0.25, 0.3) is 5.91 Å². The molecule has 0 saturated heterocycles. The van der Waals surface area contributed by atoms with Crippen molar-refractivity contribution in [3.8, 4) is 11.5 Å². The van der Waals surface area contributed by atoms with Crippen LogP contribution in [0, 0.1) is 0 Å². The second kappa shape index (κ2) is 13.6. The lowest BCUT2D eigenvalue weighted by molar-refractivity contribution is -0.117. The average Bonchev–Trinajstić information content (AvgIpc) is 3.83. The minimum absolute atomic E-state index is 0.0135. The summed E-state index contributed by atoms with van der Waals surface area (Å²) >= 11 is 8.92. The molecule has 0 spiro atoms. The van der Waals surface area contributed by atoms with Crippen LogP contribution in [0.5, 0.6) is 11.5 Å². The monoisotopic (exact) mass is 695 g/mol. The maximum atomic E-state index is 14.1. The molecule has 1 unspecified atom stereocenters. The maximum absolute atomic E-state index is 14.1. The van der Waals surface area contributed by atoms with Gasteiger partial charge in [0.05, 0.1) is 18.7 Å². The molecule has 2 aromatic heterocycles. The first-order chi connectivity index (χ1) is 23.4. The standard InChI is InChI=1S/C36H26ClN3O6S2/c1-44-28-18-23(15-16-27(28)45-19-21-9-3-2-4-10-21)31-30(32(41)29-17-22-11-6-8-14-26(22)46-29)33(42)34(43)40(31)35-38-39-36(48-35)47-20-24-12-5-7-13-25(24)37/h2-18,31,42H,19-20H2,1H3. The van der Waals surface area contributed by atoms with Crippen LogP contribution in [0.4, 0.5) is 5.13 Å². The van der Waals surface area contributed by atoms with Gasteiger partial charge in [-0.15, -0.1) is 10.2 Å². The Morgan fingerprint density at radius 2 is 1.75 bits per heavy atom. The Balaban J connectivity index is 1.25. The number of nitrogens with zero attached hydrogens (tertiary/aromatic N) is 3. The average molecular weight is 696 g/mol. The molecule has 7 rings (SSSR count). The molecule has 0 saturated carbocycles. The molecule has 1 aliphatic rings. The van der Waals surface area contributed by atoms with Crippen LogP contribution in [-0.4, -0.2) is 34.1 Å². The van der Waals surface area contributed by atoms with Gasteiger partial charge in [0.1, 0.15) is 12.2 Å². The van der Waals surface area contributed by atoms with Crippen molar-refractivity contribution in [2.75, 3.05) is 12.0 Å². The van der Waals surface area contributed by atoms with E-state index in [1.54, 1.807) is 36.4 Å². The quantitative estimate of drug-likeness (QED) is 0.0808. The summed E-state index contributed by atoms with van der Waals surface area (Å²) in [4.78, 5) is 29.2. The molecular formula is C36H26ClN3O6S2. The van der Waals surface area contributed by atoms with E-state index in [-0.39, 0.29) is 16.5 Å². The Bertz CT molecular complexity index is 2150. The van der Waals surface area contributed by atoms with E-state index in [0.29, 0.717) is 49.8 Å². The molecule has 1 aliphatic heterocycles. The van der Waals surface area contributed by atoms with Crippen LogP contribution >= 0.6 is 34.7 Å². The number of fused-ring (bicyclic) bond motifs is 1. The molecule has 3 heterocycles. The number of carbonyl (C=O) groups is 2. The van der Waals surface area contributed by atoms with E-state index in [9.17, 15) is 14.7 Å². The number of hydrogen-bond acceptors (Lipinski definition) is 10. The van der Waals surface area contributed by atoms with Gasteiger partial charge in [-0.1, -0.05) is 107 Å². The molecule has 1 amide bonds. The van der Waals surface area contributed by atoms with Crippen LogP contribution in [0.25, 0.3) is 11.0 Å². The normalized spacial score (nSPS) is 14.6. The Morgan fingerprint density at radius 3 is 2.54 bits per heavy atom. The fourth-order valence-corrected chi connectivity index (χ4v) is 7.55. The number of halogens is 1. The molecule has 9 nitrogen and oxygen atoms in total. The number of aliphatic hydroxyl groups is 1. The summed E-state index contributed by atoms with van der Waals surface area (Å²) in [5.74, 6) is -0.756. The number of thioether (sulfide) groups is 1. The van der Waals surface area contributed by atoms with Gasteiger partial charge < -0.3 is 19.0 Å². The zero-order chi connectivity index (χ0) is 33.2. The number of methoxy groups -OCH3 is 1. The van der Waals surface area contributed by atoms with Crippen LogP contribution in [0.15, 0.2) is 123 Å². The SMILES string of the molecule is COc1cc(C2C(C(=O)c3cc4ccccc4o3)=C(O)C(=O)N2c2nnc(SCc3ccccc3Cl)s2)ccc1OCc1ccccc1. The maximum Gasteiger partial charge on any atom is 0.296 e. The van der Waals surface area contributed by atoms with Crippen molar-refractivity contribution in [3.63, 3.8) is 0 Å². The van der Waals surface area contributed by atoms with Gasteiger partial charge in [0.15, 0.2) is 27.4 Å². The summed E-state index contributed by atoms with van der Waals surface area (Å²) < 4.78 is 18.2. The number of anilines is 1. The lowest BCUT2D eigenvalue weighted by atomic mass is 9.95. The lowest BCUT2D eigenvalue weighted by Crippen LogP contribution is -2.31. The second-order valence-electron chi connectivity index (χ2n) is 10.7. The molecule has 0 bridgehead atoms. The molecule has 4 aromatic carbocycles. The molecule has 240 valence electrons. The summed E-state index contributed by atoms with van der Waals surface area (Å²) in [7, 11) is 1.51. The third kappa shape index (κ3) is 6.15. The fourth-order valence-electron chi connectivity index (χ4n) is 5.40. The minimum Gasteiger partial charge on any atom is -0.503 e. The lowest BCUT2D eigenvalue weighted by Gasteiger charge is -2.24. The second-order valence-corrected chi connectivity index (χ2v) is 13.3. The van der Waals surface area contributed by atoms with E-state index < -0.39 is 23.5 Å². The van der Waals surface area contributed by atoms with Crippen LogP contribution in [-0.2, 0) is 17.2 Å². The van der Waals surface area contributed by atoms with E-state index >= 15 is 0 Å². The number of aromatic nitrogens is 2. The number of hydrogen-bond donors (Lipinski definition) is 1. The Hall–Kier alpha value is -5.10. The Morgan fingerprint density at radius 1 is 0.979 bits per heavy atom. The minimum atomic E-state index is -1.08. The Labute approximate surface area is 288 Å². The van der Waals surface area contributed by atoms with Crippen molar-refractivity contribution in [1.82, 2.24) is 10.2 Å². The van der Waals surface area contributed by atoms with E-state index in [0.717, 1.165) is 11.1 Å². The van der Waals surface area contributed by atoms with Gasteiger partial charge >= 0.3 is 0 Å². The number of para-hydroxylation sites is 1. The first-order valence-corrected chi connectivity index (χ1v) is 16.9. The third-order valence-electron chi connectivity index (χ3n) is 7.75. The molecule has 6 aromatic rings. The number of furan rings is 1. The predicted octanol–water partition coefficient (Wildman–Crippen LogP) is 8.60. The fraction of sp³-hybridized carbons (Fsp3) is 0.111. The molecular weight excluding hydrogens is 670 g/mol. The number of rotatable bonds is 11. The van der Waals surface area contributed by atoms with Crippen molar-refractivity contribution in [1.29, 1.82) is 0 Å². The van der Waals surface area contributed by atoms with Crippen LogP contribution in [0.1, 0.15) is 33.3 Å². The van der Waals surface area contributed by atoms with Crippen molar-refractivity contribution in [3.05, 3.63) is 142 Å². The van der Waals surface area contributed by atoms with Gasteiger partial charge in [-0.3, -0.25) is 14.5 Å². The smallest absolute Gasteiger partial charge is 0.296 e. The molecule has 0 radical (unpaired) electrons. The molecule has 48 heavy (non-hydrogen) atoms. The van der Waals surface area contributed by atoms with E-state index in [2.05, 4.69) is 10.2 Å². The van der Waals surface area contributed by atoms with Gasteiger partial charge in [-0.2, -0.15) is 0 Å². The zero-order valence-corrected chi connectivity index (χ0v) is 27.7. The van der Waals surface area contributed by atoms with Crippen molar-refractivity contribution < 1.29 is 28.6 Å². The van der Waals surface area contributed by atoms with Crippen molar-refractivity contribution in [2.45, 2.75) is 22.7 Å². The van der Waals surface area contributed by atoms with Crippen molar-refractivity contribution >= 4 is 62.5 Å². The molecule has 0 fully saturated rings. The molecule has 1 atom stereocenters. The van der Waals surface area contributed by atoms with E-state index in [4.69, 9.17) is 25.5 Å². The third-order valence-corrected chi connectivity index (χ3v) is 10.2. The van der Waals surface area contributed by atoms with Crippen LogP contribution in [0.2, 0.25) is 5.02 Å². The number of amides is 1. The molecule has 12 heteroatoms. The predicted molar refractivity (Wildman–Crippen MR) is 185 cm³/mol. The first-order valence-electron chi connectivity index (χ1n) is 14.8. The number of ether oxygens (including phenoxy) is 2. The first kappa shape index (κ1) is 31.5. The number of Topliss-reactive ketones (excluding diaryl/α,β-unsaturated/α-hetero) is 1. The highest BCUT2D eigenvalue weighted by Gasteiger charge is 2.47. The highest BCUT2D eigenvalue weighted by atomic mass is 35.5. The summed E-state index contributed by atoms with van der Waals surface area (Å²) in [6.07, 6.45) is 0. The van der Waals surface area contributed by atoms with Crippen molar-refractivity contribution in [2.24, 2.45) is 0 Å². The summed E-state index contributed by atoms with van der Waals surface area (Å²) in [6, 6.07) is 30.0. The number of aliphatic hydroxyl groups excluding tert-OH is 1. The summed E-state index contributed by atoms with van der Waals surface area (Å²) in [5, 5.41) is 21.5. The zero-order valence-electron chi connectivity index (χ0n) is 25.3. The van der Waals surface area contributed by atoms with Crippen LogP contribution < -0.4 is 14.4 Å². The number of ketones is 1. The number of carbonyl (C=O) groups excluding carboxylic acids is 2. The molecule has 1 N–H and O–H groups in total. The summed E-state index contributed by atoms with van der Waals surface area (Å²) in [5.41, 5.74) is 2.73. The van der Waals surface area contributed by atoms with E-state index in [1.165, 1.54) is 35.1 Å². The highest BCUT2D eigenvalue weighted by Crippen LogP contribution is 2.46. The topological polar surface area (TPSA) is 115 Å². The van der Waals surface area contributed by atoms with Crippen LogP contribution in [0.3, 0.4) is 0 Å². The van der Waals surface area contributed by atoms with Gasteiger partial charge in [0, 0.05) is 16.2 Å². The largest absolute Gasteiger partial charge is 0.503 e. The van der Waals surface area contributed by atoms with Gasteiger partial charge in [-0.25, -0.2) is 0 Å². The molecule has 0 aliphatic carbocycles. The van der Waals surface area contributed by atoms with E-state index in [1.807, 2.05) is 66.7 Å².